The van der Waals surface area contributed by atoms with E-state index in [0.717, 1.165) is 13.1 Å². The van der Waals surface area contributed by atoms with Crippen LogP contribution < -0.4 is 0 Å². The van der Waals surface area contributed by atoms with E-state index in [9.17, 15) is 0 Å². The standard InChI is InChI=1S/C8H18N2O/c1-9(2)6-8(11-5)7-10(3)4/h5,8H,6-7H2,1-4H3. The van der Waals surface area contributed by atoms with Crippen molar-refractivity contribution in [2.75, 3.05) is 41.3 Å². The number of hydrogen-bond acceptors (Lipinski definition) is 3. The third-order valence-corrected chi connectivity index (χ3v) is 1.33. The van der Waals surface area contributed by atoms with E-state index in [1.807, 2.05) is 28.2 Å². The molecule has 0 fully saturated rings. The Morgan fingerprint density at radius 2 is 1.45 bits per heavy atom. The monoisotopic (exact) mass is 158 g/mol. The van der Waals surface area contributed by atoms with Gasteiger partial charge >= 0.3 is 0 Å². The Morgan fingerprint density at radius 1 is 1.09 bits per heavy atom. The smallest absolute Gasteiger partial charge is 0.116 e. The zero-order valence-corrected chi connectivity index (χ0v) is 7.87. The molecule has 0 unspecified atom stereocenters. The van der Waals surface area contributed by atoms with E-state index in [4.69, 9.17) is 11.8 Å². The van der Waals surface area contributed by atoms with E-state index in [0.29, 0.717) is 0 Å². The molecule has 0 spiro atoms. The quantitative estimate of drug-likeness (QED) is 0.567. The van der Waals surface area contributed by atoms with E-state index in [1.54, 1.807) is 0 Å². The summed E-state index contributed by atoms with van der Waals surface area (Å²) < 4.78 is 4.79. The van der Waals surface area contributed by atoms with E-state index in [1.165, 1.54) is 0 Å². The average molecular weight is 158 g/mol. The SMILES string of the molecule is [CH]OC(CN(C)C)CN(C)C. The van der Waals surface area contributed by atoms with Crippen molar-refractivity contribution >= 4 is 0 Å². The molecule has 11 heavy (non-hydrogen) atoms. The van der Waals surface area contributed by atoms with E-state index < -0.39 is 0 Å². The van der Waals surface area contributed by atoms with Crippen LogP contribution in [0.4, 0.5) is 0 Å². The maximum atomic E-state index is 5.12. The minimum Gasteiger partial charge on any atom is -0.367 e. The highest BCUT2D eigenvalue weighted by Crippen LogP contribution is 1.94. The van der Waals surface area contributed by atoms with Crippen LogP contribution in [0.1, 0.15) is 0 Å². The molecule has 2 radical (unpaired) electrons. The van der Waals surface area contributed by atoms with Crippen molar-refractivity contribution in [2.24, 2.45) is 0 Å². The first kappa shape index (κ1) is 10.9. The van der Waals surface area contributed by atoms with Crippen molar-refractivity contribution in [3.05, 3.63) is 7.11 Å². The first-order chi connectivity index (χ1) is 5.06. The second-order valence-electron chi connectivity index (χ2n) is 3.28. The molecule has 0 atom stereocenters. The lowest BCUT2D eigenvalue weighted by molar-refractivity contribution is 0.0833. The van der Waals surface area contributed by atoms with Crippen LogP contribution in [0.5, 0.6) is 0 Å². The Kier molecular flexibility index (Phi) is 5.46. The fraction of sp³-hybridized carbons (Fsp3) is 0.875. The highest BCUT2D eigenvalue weighted by molar-refractivity contribution is 4.63. The van der Waals surface area contributed by atoms with Gasteiger partial charge in [0.1, 0.15) is 7.11 Å². The summed E-state index contributed by atoms with van der Waals surface area (Å²) in [5.74, 6) is 0. The lowest BCUT2D eigenvalue weighted by atomic mass is 10.3. The third kappa shape index (κ3) is 6.28. The largest absolute Gasteiger partial charge is 0.367 e. The van der Waals surface area contributed by atoms with Gasteiger partial charge in [-0.25, -0.2) is 0 Å². The number of rotatable bonds is 5. The number of likely N-dealkylation sites (N-methyl/N-ethyl adjacent to an activating group) is 2. The first-order valence-electron chi connectivity index (χ1n) is 3.71. The van der Waals surface area contributed by atoms with Crippen LogP contribution in [0.3, 0.4) is 0 Å². The van der Waals surface area contributed by atoms with Crippen LogP contribution in [0.25, 0.3) is 0 Å². The van der Waals surface area contributed by atoms with Gasteiger partial charge in [-0.05, 0) is 28.2 Å². The highest BCUT2D eigenvalue weighted by Gasteiger charge is 2.08. The molecule has 0 aromatic heterocycles. The van der Waals surface area contributed by atoms with Gasteiger partial charge in [-0.15, -0.1) is 0 Å². The molecule has 0 aliphatic heterocycles. The van der Waals surface area contributed by atoms with Crippen molar-refractivity contribution in [1.29, 1.82) is 0 Å². The molecule has 3 heteroatoms. The molecular formula is C8H18N2O. The Balaban J connectivity index is 3.58. The molecule has 3 nitrogen and oxygen atoms in total. The maximum absolute atomic E-state index is 5.12. The van der Waals surface area contributed by atoms with Crippen molar-refractivity contribution in [1.82, 2.24) is 9.80 Å². The first-order valence-corrected chi connectivity index (χ1v) is 3.71. The van der Waals surface area contributed by atoms with Gasteiger partial charge in [-0.1, -0.05) is 0 Å². The Bertz CT molecular complexity index is 84.1. The molecule has 0 aliphatic carbocycles. The lowest BCUT2D eigenvalue weighted by Crippen LogP contribution is -2.35. The number of ether oxygens (including phenoxy) is 1. The van der Waals surface area contributed by atoms with Crippen LogP contribution in [0, 0.1) is 7.11 Å². The van der Waals surface area contributed by atoms with Gasteiger partial charge in [0.2, 0.25) is 0 Å². The molecule has 0 amide bonds. The normalized spacial score (nSPS) is 12.0. The molecule has 0 saturated carbocycles. The molecule has 0 saturated heterocycles. The molecule has 0 bridgehead atoms. The van der Waals surface area contributed by atoms with E-state index in [2.05, 4.69) is 9.80 Å². The van der Waals surface area contributed by atoms with Gasteiger partial charge in [0, 0.05) is 13.1 Å². The molecular weight excluding hydrogens is 140 g/mol. The summed E-state index contributed by atoms with van der Waals surface area (Å²) in [4.78, 5) is 4.11. The lowest BCUT2D eigenvalue weighted by Gasteiger charge is -2.22. The molecule has 0 heterocycles. The van der Waals surface area contributed by atoms with E-state index in [-0.39, 0.29) is 6.10 Å². The van der Waals surface area contributed by atoms with Gasteiger partial charge < -0.3 is 14.5 Å². The van der Waals surface area contributed by atoms with Crippen LogP contribution in [0.15, 0.2) is 0 Å². The third-order valence-electron chi connectivity index (χ3n) is 1.33. The zero-order chi connectivity index (χ0) is 8.85. The summed E-state index contributed by atoms with van der Waals surface area (Å²) in [6, 6.07) is 0. The fourth-order valence-corrected chi connectivity index (χ4v) is 0.958. The van der Waals surface area contributed by atoms with Crippen LogP contribution >= 0.6 is 0 Å². The highest BCUT2D eigenvalue weighted by atomic mass is 16.5. The summed E-state index contributed by atoms with van der Waals surface area (Å²) in [6.45, 7) is 1.71. The predicted molar refractivity (Wildman–Crippen MR) is 46.3 cm³/mol. The predicted octanol–water partition coefficient (Wildman–Crippen LogP) is 0.163. The zero-order valence-electron chi connectivity index (χ0n) is 7.87. The van der Waals surface area contributed by atoms with Crippen molar-refractivity contribution in [2.45, 2.75) is 6.10 Å². The van der Waals surface area contributed by atoms with Crippen LogP contribution in [-0.2, 0) is 4.74 Å². The van der Waals surface area contributed by atoms with Gasteiger partial charge in [0.05, 0.1) is 6.10 Å². The summed E-state index contributed by atoms with van der Waals surface area (Å²) in [7, 11) is 13.1. The molecule has 0 N–H and O–H groups in total. The number of hydrogen-bond donors (Lipinski definition) is 0. The second kappa shape index (κ2) is 5.52. The summed E-state index contributed by atoms with van der Waals surface area (Å²) in [5.41, 5.74) is 0. The maximum Gasteiger partial charge on any atom is 0.116 e. The van der Waals surface area contributed by atoms with E-state index >= 15 is 0 Å². The van der Waals surface area contributed by atoms with Gasteiger partial charge in [0.25, 0.3) is 0 Å². The minimum atomic E-state index is 0.0972. The fourth-order valence-electron chi connectivity index (χ4n) is 0.958. The minimum absolute atomic E-state index is 0.0972. The Morgan fingerprint density at radius 3 is 1.64 bits per heavy atom. The summed E-state index contributed by atoms with van der Waals surface area (Å²) in [6.07, 6.45) is 0.0972. The topological polar surface area (TPSA) is 15.7 Å². The summed E-state index contributed by atoms with van der Waals surface area (Å²) in [5, 5.41) is 0. The molecule has 0 aromatic rings. The average Bonchev–Trinajstić information content (AvgIpc) is 1.84. The second-order valence-corrected chi connectivity index (χ2v) is 3.28. The summed E-state index contributed by atoms with van der Waals surface area (Å²) >= 11 is 0. The van der Waals surface area contributed by atoms with Crippen LogP contribution in [-0.4, -0.2) is 57.2 Å². The van der Waals surface area contributed by atoms with Gasteiger partial charge in [-0.3, -0.25) is 0 Å². The molecule has 0 rings (SSSR count). The molecule has 66 valence electrons. The van der Waals surface area contributed by atoms with Crippen molar-refractivity contribution in [3.63, 3.8) is 0 Å². The van der Waals surface area contributed by atoms with Crippen molar-refractivity contribution in [3.8, 4) is 0 Å². The van der Waals surface area contributed by atoms with Crippen molar-refractivity contribution < 1.29 is 4.74 Å². The van der Waals surface area contributed by atoms with Gasteiger partial charge in [-0.2, -0.15) is 0 Å². The number of nitrogens with zero attached hydrogens (tertiary/aromatic N) is 2. The molecule has 0 aliphatic rings. The Labute approximate surface area is 69.9 Å². The Hall–Kier alpha value is -0.120. The van der Waals surface area contributed by atoms with Gasteiger partial charge in [0.15, 0.2) is 0 Å². The van der Waals surface area contributed by atoms with Crippen LogP contribution in [0.2, 0.25) is 0 Å². The molecule has 0 aromatic carbocycles.